The lowest BCUT2D eigenvalue weighted by Crippen LogP contribution is -2.45. The summed E-state index contributed by atoms with van der Waals surface area (Å²) in [6, 6.07) is 15.3. The van der Waals surface area contributed by atoms with Crippen molar-refractivity contribution in [1.82, 2.24) is 14.9 Å². The Morgan fingerprint density at radius 2 is 1.82 bits per heavy atom. The van der Waals surface area contributed by atoms with Gasteiger partial charge in [-0.25, -0.2) is 14.8 Å². The van der Waals surface area contributed by atoms with Crippen molar-refractivity contribution in [2.45, 2.75) is 44.6 Å². The maximum absolute atomic E-state index is 13.5. The highest BCUT2D eigenvalue weighted by molar-refractivity contribution is 6.31. The van der Waals surface area contributed by atoms with Crippen LogP contribution < -0.4 is 9.64 Å². The lowest BCUT2D eigenvalue weighted by molar-refractivity contribution is -0.132. The number of fused-ring (bicyclic) bond motifs is 1. The van der Waals surface area contributed by atoms with Crippen molar-refractivity contribution in [3.63, 3.8) is 0 Å². The van der Waals surface area contributed by atoms with Crippen LogP contribution in [-0.2, 0) is 24.1 Å². The first kappa shape index (κ1) is 26.9. The minimum absolute atomic E-state index is 0.0593. The molecular formula is C30H33ClN4O4. The van der Waals surface area contributed by atoms with E-state index < -0.39 is 5.97 Å². The van der Waals surface area contributed by atoms with E-state index in [9.17, 15) is 14.7 Å². The maximum atomic E-state index is 13.5. The fraction of sp³-hybridized carbons (Fsp3) is 0.400. The number of nitrogens with zero attached hydrogens (tertiary/aromatic N) is 4. The number of aromatic carboxylic acids is 1. The molecule has 8 nitrogen and oxygen atoms in total. The molecule has 0 unspecified atom stereocenters. The molecule has 0 radical (unpaired) electrons. The number of carboxylic acids is 1. The van der Waals surface area contributed by atoms with Gasteiger partial charge in [0.25, 0.3) is 0 Å². The van der Waals surface area contributed by atoms with E-state index in [2.05, 4.69) is 9.88 Å². The third-order valence-electron chi connectivity index (χ3n) is 7.84. The Morgan fingerprint density at radius 1 is 1.05 bits per heavy atom. The van der Waals surface area contributed by atoms with Crippen LogP contribution in [0.1, 0.15) is 46.4 Å². The molecule has 3 aromatic rings. The lowest BCUT2D eigenvalue weighted by Gasteiger charge is -2.30. The number of carboxylic acid groups (broad SMARTS) is 1. The first-order valence-electron chi connectivity index (χ1n) is 13.4. The molecule has 0 saturated carbocycles. The predicted molar refractivity (Wildman–Crippen MR) is 150 cm³/mol. The third kappa shape index (κ3) is 6.01. The second-order valence-corrected chi connectivity index (χ2v) is 10.6. The summed E-state index contributed by atoms with van der Waals surface area (Å²) in [5.41, 5.74) is 2.43. The molecule has 2 atom stereocenters. The minimum Gasteiger partial charge on any atom is -0.496 e. The first-order valence-corrected chi connectivity index (χ1v) is 13.8. The van der Waals surface area contributed by atoms with Gasteiger partial charge in [-0.05, 0) is 49.3 Å². The van der Waals surface area contributed by atoms with Gasteiger partial charge in [-0.15, -0.1) is 0 Å². The summed E-state index contributed by atoms with van der Waals surface area (Å²) in [4.78, 5) is 38.8. The second-order valence-electron chi connectivity index (χ2n) is 10.2. The standard InChI is InChI=1S/C30H33ClN4O4/c1-39-27-12-5-3-9-21(27)16-28(36)35-15-7-6-10-22-18-34(19-26(22)35)30-32-17-23(29(37)38)25(33-30)14-13-20-8-2-4-11-24(20)31/h2-5,8-9,11-12,17,22,26H,6-7,10,13-16,18-19H2,1H3,(H,37,38)/t22-,26+/m0/s1. The van der Waals surface area contributed by atoms with E-state index in [-0.39, 0.29) is 17.5 Å². The monoisotopic (exact) mass is 548 g/mol. The van der Waals surface area contributed by atoms with Crippen LogP contribution in [0, 0.1) is 5.92 Å². The average molecular weight is 549 g/mol. The molecular weight excluding hydrogens is 516 g/mol. The molecule has 3 heterocycles. The van der Waals surface area contributed by atoms with Crippen LogP contribution >= 0.6 is 11.6 Å². The molecule has 2 fully saturated rings. The van der Waals surface area contributed by atoms with E-state index in [0.717, 1.165) is 49.2 Å². The number of benzene rings is 2. The summed E-state index contributed by atoms with van der Waals surface area (Å²) < 4.78 is 5.47. The van der Waals surface area contributed by atoms with Crippen molar-refractivity contribution < 1.29 is 19.4 Å². The van der Waals surface area contributed by atoms with Gasteiger partial charge >= 0.3 is 5.97 Å². The number of hydrogen-bond acceptors (Lipinski definition) is 6. The Labute approximate surface area is 233 Å². The van der Waals surface area contributed by atoms with Crippen LogP contribution in [0.2, 0.25) is 5.02 Å². The van der Waals surface area contributed by atoms with Gasteiger partial charge in [0.15, 0.2) is 0 Å². The van der Waals surface area contributed by atoms with Crippen LogP contribution in [0.25, 0.3) is 0 Å². The highest BCUT2D eigenvalue weighted by Gasteiger charge is 2.40. The van der Waals surface area contributed by atoms with Gasteiger partial charge in [0.2, 0.25) is 11.9 Å². The van der Waals surface area contributed by atoms with Crippen LogP contribution in [0.15, 0.2) is 54.7 Å². The average Bonchev–Trinajstić information content (AvgIpc) is 3.26. The van der Waals surface area contributed by atoms with Crippen LogP contribution in [0.5, 0.6) is 5.75 Å². The topological polar surface area (TPSA) is 95.9 Å². The number of para-hydroxylation sites is 1. The summed E-state index contributed by atoms with van der Waals surface area (Å²) in [7, 11) is 1.62. The van der Waals surface area contributed by atoms with Gasteiger partial charge in [0.1, 0.15) is 5.75 Å². The number of carbonyl (C=O) groups excluding carboxylic acids is 1. The Kier molecular flexibility index (Phi) is 8.31. The third-order valence-corrected chi connectivity index (χ3v) is 8.21. The molecule has 0 spiro atoms. The largest absolute Gasteiger partial charge is 0.496 e. The van der Waals surface area contributed by atoms with Crippen LogP contribution in [0.4, 0.5) is 5.95 Å². The van der Waals surface area contributed by atoms with Gasteiger partial charge in [0.05, 0.1) is 30.8 Å². The van der Waals surface area contributed by atoms with Gasteiger partial charge in [-0.1, -0.05) is 54.4 Å². The zero-order valence-corrected chi connectivity index (χ0v) is 22.8. The molecule has 5 rings (SSSR count). The number of methoxy groups -OCH3 is 1. The molecule has 9 heteroatoms. The zero-order chi connectivity index (χ0) is 27.4. The molecule has 39 heavy (non-hydrogen) atoms. The number of rotatable bonds is 8. The van der Waals surface area contributed by atoms with Crippen molar-refractivity contribution in [2.24, 2.45) is 5.92 Å². The van der Waals surface area contributed by atoms with Crippen LogP contribution in [0.3, 0.4) is 0 Å². The lowest BCUT2D eigenvalue weighted by atomic mass is 9.98. The number of hydrogen-bond donors (Lipinski definition) is 1. The molecule has 1 aromatic heterocycles. The summed E-state index contributed by atoms with van der Waals surface area (Å²) in [5, 5.41) is 10.4. The Morgan fingerprint density at radius 3 is 2.59 bits per heavy atom. The Bertz CT molecular complexity index is 1350. The van der Waals surface area contributed by atoms with E-state index in [1.807, 2.05) is 53.4 Å². The van der Waals surface area contributed by atoms with E-state index >= 15 is 0 Å². The second kappa shape index (κ2) is 12.0. The summed E-state index contributed by atoms with van der Waals surface area (Å²) in [6.45, 7) is 2.09. The number of carbonyl (C=O) groups is 2. The smallest absolute Gasteiger partial charge is 0.339 e. The number of likely N-dealkylation sites (tertiary alicyclic amines) is 1. The summed E-state index contributed by atoms with van der Waals surface area (Å²) in [5.74, 6) is 0.598. The molecule has 2 aliphatic heterocycles. The van der Waals surface area contributed by atoms with Gasteiger partial charge in [0, 0.05) is 36.4 Å². The molecule has 0 bridgehead atoms. The predicted octanol–water partition coefficient (Wildman–Crippen LogP) is 4.68. The van der Waals surface area contributed by atoms with Crippen molar-refractivity contribution >= 4 is 29.4 Å². The van der Waals surface area contributed by atoms with Crippen LogP contribution in [-0.4, -0.2) is 64.6 Å². The van der Waals surface area contributed by atoms with E-state index in [1.54, 1.807) is 7.11 Å². The quantitative estimate of drug-likeness (QED) is 0.436. The fourth-order valence-electron chi connectivity index (χ4n) is 5.81. The highest BCUT2D eigenvalue weighted by atomic mass is 35.5. The van der Waals surface area contributed by atoms with Crippen molar-refractivity contribution in [2.75, 3.05) is 31.6 Å². The SMILES string of the molecule is COc1ccccc1CC(=O)N1CCCC[C@H]2CN(c3ncc(C(=O)O)c(CCc4ccccc4Cl)n3)C[C@H]21. The number of ether oxygens (including phenoxy) is 1. The number of aryl methyl sites for hydroxylation is 2. The van der Waals surface area contributed by atoms with E-state index in [4.69, 9.17) is 21.3 Å². The molecule has 204 valence electrons. The van der Waals surface area contributed by atoms with Gasteiger partial charge in [-0.2, -0.15) is 0 Å². The maximum Gasteiger partial charge on any atom is 0.339 e. The Hall–Kier alpha value is -3.65. The molecule has 2 aromatic carbocycles. The zero-order valence-electron chi connectivity index (χ0n) is 22.1. The number of halogens is 1. The van der Waals surface area contributed by atoms with Crippen molar-refractivity contribution in [3.05, 3.63) is 82.1 Å². The summed E-state index contributed by atoms with van der Waals surface area (Å²) >= 11 is 6.32. The Balaban J connectivity index is 1.35. The molecule has 0 aliphatic carbocycles. The number of anilines is 1. The molecule has 1 amide bonds. The van der Waals surface area contributed by atoms with E-state index in [1.165, 1.54) is 6.20 Å². The van der Waals surface area contributed by atoms with Crippen molar-refractivity contribution in [1.29, 1.82) is 0 Å². The molecule has 2 saturated heterocycles. The fourth-order valence-corrected chi connectivity index (χ4v) is 6.04. The summed E-state index contributed by atoms with van der Waals surface area (Å²) in [6.07, 6.45) is 5.80. The molecule has 2 aliphatic rings. The normalized spacial score (nSPS) is 18.9. The van der Waals surface area contributed by atoms with E-state index in [0.29, 0.717) is 48.4 Å². The molecule has 1 N–H and O–H groups in total. The van der Waals surface area contributed by atoms with Gasteiger partial charge < -0.3 is 19.6 Å². The van der Waals surface area contributed by atoms with Crippen molar-refractivity contribution in [3.8, 4) is 5.75 Å². The van der Waals surface area contributed by atoms with Gasteiger partial charge in [-0.3, -0.25) is 4.79 Å². The highest BCUT2D eigenvalue weighted by Crippen LogP contribution is 2.33. The number of aromatic nitrogens is 2. The number of amides is 1. The first-order chi connectivity index (χ1) is 18.9. The minimum atomic E-state index is -1.05.